The molecule has 2 aromatic rings. The van der Waals surface area contributed by atoms with Crippen LogP contribution >= 0.6 is 0 Å². The van der Waals surface area contributed by atoms with Crippen molar-refractivity contribution in [3.05, 3.63) is 71.4 Å². The highest BCUT2D eigenvalue weighted by Gasteiger charge is 2.10. The molecular weight excluding hydrogens is 320 g/mol. The Morgan fingerprint density at radius 3 is 2.38 bits per heavy atom. The maximum Gasteiger partial charge on any atom is 0.126 e. The lowest BCUT2D eigenvalue weighted by atomic mass is 10.0. The van der Waals surface area contributed by atoms with Gasteiger partial charge in [0.1, 0.15) is 5.75 Å². The SMILES string of the molecule is CCOc1cc(CCc2ccccc2)ccc1/C=C/N1CCN(C)CC1. The maximum absolute atomic E-state index is 5.91. The Morgan fingerprint density at radius 2 is 1.65 bits per heavy atom. The van der Waals surface area contributed by atoms with E-state index in [1.54, 1.807) is 0 Å². The third-order valence-electron chi connectivity index (χ3n) is 4.93. The molecule has 3 nitrogen and oxygen atoms in total. The Kier molecular flexibility index (Phi) is 6.73. The molecule has 0 bridgehead atoms. The zero-order valence-corrected chi connectivity index (χ0v) is 16.0. The van der Waals surface area contributed by atoms with Gasteiger partial charge in [-0.25, -0.2) is 0 Å². The van der Waals surface area contributed by atoms with Gasteiger partial charge in [-0.05, 0) is 56.3 Å². The van der Waals surface area contributed by atoms with Crippen LogP contribution in [0.5, 0.6) is 5.75 Å². The van der Waals surface area contributed by atoms with E-state index >= 15 is 0 Å². The topological polar surface area (TPSA) is 15.7 Å². The normalized spacial score (nSPS) is 15.5. The van der Waals surface area contributed by atoms with Crippen molar-refractivity contribution in [2.45, 2.75) is 19.8 Å². The second kappa shape index (κ2) is 9.44. The second-order valence-corrected chi connectivity index (χ2v) is 6.95. The summed E-state index contributed by atoms with van der Waals surface area (Å²) >= 11 is 0. The van der Waals surface area contributed by atoms with Crippen molar-refractivity contribution in [2.24, 2.45) is 0 Å². The summed E-state index contributed by atoms with van der Waals surface area (Å²) in [5.74, 6) is 0.989. The minimum atomic E-state index is 0.692. The zero-order chi connectivity index (χ0) is 18.2. The van der Waals surface area contributed by atoms with Gasteiger partial charge in [0.05, 0.1) is 6.61 Å². The molecule has 0 amide bonds. The first kappa shape index (κ1) is 18.5. The molecule has 0 atom stereocenters. The molecule has 0 unspecified atom stereocenters. The third kappa shape index (κ3) is 5.37. The number of piperazine rings is 1. The molecule has 138 valence electrons. The summed E-state index contributed by atoms with van der Waals surface area (Å²) in [6.07, 6.45) is 6.50. The number of ether oxygens (including phenoxy) is 1. The lowest BCUT2D eigenvalue weighted by molar-refractivity contribution is 0.199. The highest BCUT2D eigenvalue weighted by atomic mass is 16.5. The van der Waals surface area contributed by atoms with Gasteiger partial charge in [0.15, 0.2) is 0 Å². The van der Waals surface area contributed by atoms with Gasteiger partial charge >= 0.3 is 0 Å². The van der Waals surface area contributed by atoms with Gasteiger partial charge in [-0.3, -0.25) is 0 Å². The third-order valence-corrected chi connectivity index (χ3v) is 4.93. The van der Waals surface area contributed by atoms with Crippen molar-refractivity contribution in [3.8, 4) is 5.75 Å². The Balaban J connectivity index is 1.66. The van der Waals surface area contributed by atoms with Crippen LogP contribution in [0.15, 0.2) is 54.7 Å². The van der Waals surface area contributed by atoms with Crippen LogP contribution < -0.4 is 4.74 Å². The summed E-state index contributed by atoms with van der Waals surface area (Å²) in [4.78, 5) is 4.76. The van der Waals surface area contributed by atoms with Crippen LogP contribution in [-0.2, 0) is 12.8 Å². The van der Waals surface area contributed by atoms with E-state index < -0.39 is 0 Å². The molecule has 1 aliphatic rings. The van der Waals surface area contributed by atoms with Crippen molar-refractivity contribution in [3.63, 3.8) is 0 Å². The number of rotatable bonds is 7. The van der Waals surface area contributed by atoms with E-state index in [0.29, 0.717) is 6.61 Å². The van der Waals surface area contributed by atoms with Gasteiger partial charge in [0.25, 0.3) is 0 Å². The van der Waals surface area contributed by atoms with Crippen LogP contribution in [0, 0.1) is 0 Å². The molecule has 1 heterocycles. The van der Waals surface area contributed by atoms with Crippen LogP contribution in [0.4, 0.5) is 0 Å². The van der Waals surface area contributed by atoms with E-state index in [4.69, 9.17) is 4.74 Å². The predicted molar refractivity (Wildman–Crippen MR) is 110 cm³/mol. The first-order valence-corrected chi connectivity index (χ1v) is 9.65. The first-order valence-electron chi connectivity index (χ1n) is 9.65. The van der Waals surface area contributed by atoms with E-state index in [-0.39, 0.29) is 0 Å². The van der Waals surface area contributed by atoms with E-state index in [2.05, 4.69) is 77.7 Å². The predicted octanol–water partition coefficient (Wildman–Crippen LogP) is 4.09. The molecule has 2 aromatic carbocycles. The van der Waals surface area contributed by atoms with Crippen LogP contribution in [-0.4, -0.2) is 49.6 Å². The molecule has 0 spiro atoms. The molecule has 1 saturated heterocycles. The Bertz CT molecular complexity index is 703. The number of hydrogen-bond donors (Lipinski definition) is 0. The summed E-state index contributed by atoms with van der Waals surface area (Å²) in [5, 5.41) is 0. The van der Waals surface area contributed by atoms with Crippen molar-refractivity contribution in [1.82, 2.24) is 9.80 Å². The molecule has 0 radical (unpaired) electrons. The molecule has 0 aromatic heterocycles. The van der Waals surface area contributed by atoms with E-state index in [9.17, 15) is 0 Å². The van der Waals surface area contributed by atoms with Crippen LogP contribution in [0.3, 0.4) is 0 Å². The molecular formula is C23H30N2O. The largest absolute Gasteiger partial charge is 0.493 e. The number of aryl methyl sites for hydroxylation is 2. The summed E-state index contributed by atoms with van der Waals surface area (Å²) in [6, 6.07) is 17.3. The second-order valence-electron chi connectivity index (χ2n) is 6.95. The lowest BCUT2D eigenvalue weighted by Gasteiger charge is -2.31. The summed E-state index contributed by atoms with van der Waals surface area (Å²) < 4.78 is 5.91. The molecule has 0 aliphatic carbocycles. The van der Waals surface area contributed by atoms with Crippen LogP contribution in [0.1, 0.15) is 23.6 Å². The van der Waals surface area contributed by atoms with Gasteiger partial charge in [-0.15, -0.1) is 0 Å². The summed E-state index contributed by atoms with van der Waals surface area (Å²) in [5.41, 5.74) is 3.87. The van der Waals surface area contributed by atoms with Gasteiger partial charge in [0, 0.05) is 31.7 Å². The monoisotopic (exact) mass is 350 g/mol. The van der Waals surface area contributed by atoms with Crippen molar-refractivity contribution in [2.75, 3.05) is 39.8 Å². The molecule has 3 heteroatoms. The maximum atomic E-state index is 5.91. The van der Waals surface area contributed by atoms with Crippen LogP contribution in [0.2, 0.25) is 0 Å². The fraction of sp³-hybridized carbons (Fsp3) is 0.391. The van der Waals surface area contributed by atoms with Crippen molar-refractivity contribution < 1.29 is 4.74 Å². The fourth-order valence-electron chi connectivity index (χ4n) is 3.24. The quantitative estimate of drug-likeness (QED) is 0.748. The van der Waals surface area contributed by atoms with Gasteiger partial charge in [-0.1, -0.05) is 42.5 Å². The zero-order valence-electron chi connectivity index (χ0n) is 16.0. The Labute approximate surface area is 157 Å². The molecule has 1 fully saturated rings. The standard InChI is InChI=1S/C23H30N2O/c1-3-26-23-19-21(10-9-20-7-5-4-6-8-20)11-12-22(23)13-14-25-17-15-24(2)16-18-25/h4-8,11-14,19H,3,9-10,15-18H2,1-2H3/b14-13+. The molecule has 26 heavy (non-hydrogen) atoms. The lowest BCUT2D eigenvalue weighted by Crippen LogP contribution is -2.41. The van der Waals surface area contributed by atoms with E-state index in [1.807, 2.05) is 6.92 Å². The minimum Gasteiger partial charge on any atom is -0.493 e. The minimum absolute atomic E-state index is 0.692. The molecule has 0 saturated carbocycles. The summed E-state index contributed by atoms with van der Waals surface area (Å²) in [6.45, 7) is 7.17. The molecule has 3 rings (SSSR count). The Morgan fingerprint density at radius 1 is 0.923 bits per heavy atom. The number of nitrogens with zero attached hydrogens (tertiary/aromatic N) is 2. The van der Waals surface area contributed by atoms with E-state index in [1.165, 1.54) is 11.1 Å². The fourth-order valence-corrected chi connectivity index (χ4v) is 3.24. The molecule has 0 N–H and O–H groups in total. The highest BCUT2D eigenvalue weighted by Crippen LogP contribution is 2.23. The molecule has 1 aliphatic heterocycles. The van der Waals surface area contributed by atoms with Crippen LogP contribution in [0.25, 0.3) is 6.08 Å². The summed E-state index contributed by atoms with van der Waals surface area (Å²) in [7, 11) is 2.18. The van der Waals surface area contributed by atoms with Gasteiger partial charge in [0.2, 0.25) is 0 Å². The first-order chi connectivity index (χ1) is 12.7. The van der Waals surface area contributed by atoms with Gasteiger partial charge < -0.3 is 14.5 Å². The smallest absolute Gasteiger partial charge is 0.126 e. The highest BCUT2D eigenvalue weighted by molar-refractivity contribution is 5.58. The number of likely N-dealkylation sites (N-methyl/N-ethyl adjacent to an activating group) is 1. The number of hydrogen-bond acceptors (Lipinski definition) is 3. The average Bonchev–Trinajstić information content (AvgIpc) is 2.68. The Hall–Kier alpha value is -2.26. The van der Waals surface area contributed by atoms with Gasteiger partial charge in [-0.2, -0.15) is 0 Å². The van der Waals surface area contributed by atoms with Crippen molar-refractivity contribution in [1.29, 1.82) is 0 Å². The van der Waals surface area contributed by atoms with E-state index in [0.717, 1.165) is 50.3 Å². The van der Waals surface area contributed by atoms with Crippen molar-refractivity contribution >= 4 is 6.08 Å². The average molecular weight is 351 g/mol. The number of benzene rings is 2.